The summed E-state index contributed by atoms with van der Waals surface area (Å²) in [6.45, 7) is 3.44. The molecule has 0 aromatic heterocycles. The topological polar surface area (TPSA) is 67.4 Å². The van der Waals surface area contributed by atoms with E-state index < -0.39 is 5.60 Å². The Morgan fingerprint density at radius 3 is 2.72 bits per heavy atom. The average Bonchev–Trinajstić information content (AvgIpc) is 3.38. The number of hydrogen-bond acceptors (Lipinski definition) is 3. The minimum absolute atomic E-state index is 0.00297. The fourth-order valence-corrected chi connectivity index (χ4v) is 3.18. The van der Waals surface area contributed by atoms with Crippen LogP contribution in [-0.4, -0.2) is 17.4 Å². The Kier molecular flexibility index (Phi) is 3.53. The fraction of sp³-hybridized carbons (Fsp3) is 0.300. The van der Waals surface area contributed by atoms with Crippen LogP contribution in [0.5, 0.6) is 5.75 Å². The van der Waals surface area contributed by atoms with Crippen molar-refractivity contribution in [2.45, 2.75) is 31.8 Å². The van der Waals surface area contributed by atoms with Crippen LogP contribution in [0.4, 0.5) is 11.4 Å². The summed E-state index contributed by atoms with van der Waals surface area (Å²) in [5, 5.41) is 5.77. The van der Waals surface area contributed by atoms with Gasteiger partial charge in [0.15, 0.2) is 5.60 Å². The lowest BCUT2D eigenvalue weighted by Gasteiger charge is -2.31. The van der Waals surface area contributed by atoms with Gasteiger partial charge >= 0.3 is 0 Å². The molecule has 1 aliphatic heterocycles. The molecule has 5 nitrogen and oxygen atoms in total. The Bertz CT molecular complexity index is 845. The molecule has 25 heavy (non-hydrogen) atoms. The molecule has 0 unspecified atom stereocenters. The summed E-state index contributed by atoms with van der Waals surface area (Å²) in [5.41, 5.74) is 1.55. The van der Waals surface area contributed by atoms with Crippen LogP contribution in [0.25, 0.3) is 0 Å². The van der Waals surface area contributed by atoms with Crippen LogP contribution in [0.1, 0.15) is 31.7 Å². The van der Waals surface area contributed by atoms with Crippen LogP contribution in [0.2, 0.25) is 0 Å². The maximum Gasteiger partial charge on any atom is 0.268 e. The van der Waals surface area contributed by atoms with Crippen molar-refractivity contribution in [3.8, 4) is 5.75 Å². The summed E-state index contributed by atoms with van der Waals surface area (Å²) >= 11 is 0. The molecule has 2 aromatic rings. The lowest BCUT2D eigenvalue weighted by molar-refractivity contribution is -0.129. The van der Waals surface area contributed by atoms with Gasteiger partial charge in [0, 0.05) is 11.6 Å². The van der Waals surface area contributed by atoms with E-state index in [4.69, 9.17) is 4.74 Å². The van der Waals surface area contributed by atoms with Crippen molar-refractivity contribution in [1.82, 2.24) is 0 Å². The first-order valence-electron chi connectivity index (χ1n) is 8.44. The lowest BCUT2D eigenvalue weighted by atomic mass is 10.1. The second kappa shape index (κ2) is 5.62. The predicted octanol–water partition coefficient (Wildman–Crippen LogP) is 3.54. The summed E-state index contributed by atoms with van der Waals surface area (Å²) in [7, 11) is 0. The van der Waals surface area contributed by atoms with E-state index in [9.17, 15) is 9.59 Å². The normalized spacial score (nSPS) is 23.0. The van der Waals surface area contributed by atoms with Crippen molar-refractivity contribution in [2.24, 2.45) is 5.92 Å². The van der Waals surface area contributed by atoms with Gasteiger partial charge in [-0.05, 0) is 49.9 Å². The minimum atomic E-state index is -0.894. The first kappa shape index (κ1) is 15.7. The summed E-state index contributed by atoms with van der Waals surface area (Å²) in [6.07, 6.45) is 0.870. The van der Waals surface area contributed by atoms with Crippen molar-refractivity contribution < 1.29 is 14.3 Å². The number of fused-ring (bicyclic) bond motifs is 1. The van der Waals surface area contributed by atoms with Gasteiger partial charge in [-0.1, -0.05) is 30.3 Å². The van der Waals surface area contributed by atoms with Crippen molar-refractivity contribution >= 4 is 23.2 Å². The molecule has 1 aliphatic carbocycles. The molecule has 5 heteroatoms. The van der Waals surface area contributed by atoms with Crippen LogP contribution in [0.15, 0.2) is 48.5 Å². The molecule has 0 bridgehead atoms. The maximum absolute atomic E-state index is 12.5. The van der Waals surface area contributed by atoms with E-state index in [2.05, 4.69) is 22.8 Å². The maximum atomic E-state index is 12.5. The monoisotopic (exact) mass is 336 g/mol. The molecule has 1 fully saturated rings. The lowest BCUT2D eigenvalue weighted by Crippen LogP contribution is -2.45. The van der Waals surface area contributed by atoms with Gasteiger partial charge in [-0.3, -0.25) is 9.59 Å². The van der Waals surface area contributed by atoms with Crippen LogP contribution in [0, 0.1) is 5.92 Å². The summed E-state index contributed by atoms with van der Waals surface area (Å²) in [4.78, 5) is 24.5. The van der Waals surface area contributed by atoms with E-state index in [0.29, 0.717) is 23.0 Å². The van der Waals surface area contributed by atoms with Crippen LogP contribution in [-0.2, 0) is 9.59 Å². The zero-order valence-electron chi connectivity index (χ0n) is 14.2. The molecule has 2 aliphatic rings. The Labute approximate surface area is 146 Å². The molecular weight excluding hydrogens is 316 g/mol. The Morgan fingerprint density at radius 1 is 1.20 bits per heavy atom. The number of nitrogens with one attached hydrogen (secondary N) is 2. The highest BCUT2D eigenvalue weighted by Crippen LogP contribution is 2.48. The van der Waals surface area contributed by atoms with Gasteiger partial charge in [0.2, 0.25) is 5.91 Å². The molecule has 128 valence electrons. The number of hydrogen-bond donors (Lipinski definition) is 2. The Hall–Kier alpha value is -2.82. The Morgan fingerprint density at radius 2 is 1.96 bits per heavy atom. The van der Waals surface area contributed by atoms with Crippen molar-refractivity contribution in [1.29, 1.82) is 0 Å². The number of benzene rings is 2. The predicted molar refractivity (Wildman–Crippen MR) is 95.7 cm³/mol. The highest BCUT2D eigenvalue weighted by Gasteiger charge is 2.44. The van der Waals surface area contributed by atoms with Crippen molar-refractivity contribution in [2.75, 3.05) is 10.6 Å². The van der Waals surface area contributed by atoms with Gasteiger partial charge in [-0.2, -0.15) is 0 Å². The van der Waals surface area contributed by atoms with Gasteiger partial charge in [-0.15, -0.1) is 0 Å². The zero-order chi connectivity index (χ0) is 17.6. The van der Waals surface area contributed by atoms with Crippen molar-refractivity contribution in [3.63, 3.8) is 0 Å². The SMILES string of the molecule is CC1(C)Oc2ccc(NC(=O)[C@H]3C[C@H]3c3ccccc3)cc2NC1=O. The highest BCUT2D eigenvalue weighted by molar-refractivity contribution is 6.01. The third-order valence-electron chi connectivity index (χ3n) is 4.76. The number of amides is 2. The smallest absolute Gasteiger partial charge is 0.268 e. The van der Waals surface area contributed by atoms with Crippen LogP contribution in [0.3, 0.4) is 0 Å². The van der Waals surface area contributed by atoms with Gasteiger partial charge in [-0.25, -0.2) is 0 Å². The number of rotatable bonds is 3. The number of carbonyl (C=O) groups excluding carboxylic acids is 2. The number of ether oxygens (including phenoxy) is 1. The minimum Gasteiger partial charge on any atom is -0.476 e. The summed E-state index contributed by atoms with van der Waals surface area (Å²) in [5.74, 6) is 0.717. The molecule has 1 saturated carbocycles. The van der Waals surface area contributed by atoms with E-state index in [1.165, 1.54) is 5.56 Å². The van der Waals surface area contributed by atoms with E-state index in [1.807, 2.05) is 18.2 Å². The molecule has 2 N–H and O–H groups in total. The molecule has 4 rings (SSSR count). The van der Waals surface area contributed by atoms with E-state index in [0.717, 1.165) is 6.42 Å². The standard InChI is InChI=1S/C20H20N2O3/c1-20(2)19(24)22-16-10-13(8-9-17(16)25-20)21-18(23)15-11-14(15)12-6-4-3-5-7-12/h3-10,14-15H,11H2,1-2H3,(H,21,23)(H,22,24)/t14-,15-/m0/s1. The number of anilines is 2. The van der Waals surface area contributed by atoms with Gasteiger partial charge in [0.25, 0.3) is 5.91 Å². The van der Waals surface area contributed by atoms with E-state index in [-0.39, 0.29) is 17.7 Å². The molecule has 2 atom stereocenters. The van der Waals surface area contributed by atoms with Crippen LogP contribution < -0.4 is 15.4 Å². The average molecular weight is 336 g/mol. The van der Waals surface area contributed by atoms with E-state index in [1.54, 1.807) is 32.0 Å². The Balaban J connectivity index is 1.45. The zero-order valence-corrected chi connectivity index (χ0v) is 14.2. The largest absolute Gasteiger partial charge is 0.476 e. The van der Waals surface area contributed by atoms with Crippen molar-refractivity contribution in [3.05, 3.63) is 54.1 Å². The van der Waals surface area contributed by atoms with Gasteiger partial charge in [0.1, 0.15) is 5.75 Å². The first-order chi connectivity index (χ1) is 11.9. The second-order valence-electron chi connectivity index (χ2n) is 7.13. The first-order valence-corrected chi connectivity index (χ1v) is 8.44. The number of carbonyl (C=O) groups is 2. The summed E-state index contributed by atoms with van der Waals surface area (Å²) in [6, 6.07) is 15.4. The molecule has 1 heterocycles. The van der Waals surface area contributed by atoms with E-state index >= 15 is 0 Å². The van der Waals surface area contributed by atoms with Gasteiger partial charge in [0.05, 0.1) is 5.69 Å². The molecule has 2 amide bonds. The van der Waals surface area contributed by atoms with Crippen LogP contribution >= 0.6 is 0 Å². The molecular formula is C20H20N2O3. The van der Waals surface area contributed by atoms with Gasteiger partial charge < -0.3 is 15.4 Å². The molecule has 0 saturated heterocycles. The molecule has 2 aromatic carbocycles. The summed E-state index contributed by atoms with van der Waals surface area (Å²) < 4.78 is 5.70. The fourth-order valence-electron chi connectivity index (χ4n) is 3.18. The quantitative estimate of drug-likeness (QED) is 0.901. The third-order valence-corrected chi connectivity index (χ3v) is 4.76. The molecule has 0 radical (unpaired) electrons. The highest BCUT2D eigenvalue weighted by atomic mass is 16.5. The molecule has 0 spiro atoms. The third kappa shape index (κ3) is 2.97. The second-order valence-corrected chi connectivity index (χ2v) is 7.13.